The Bertz CT molecular complexity index is 1190. The topological polar surface area (TPSA) is 42.0 Å². The molecule has 0 aliphatic carbocycles. The third-order valence-electron chi connectivity index (χ3n) is 4.53. The van der Waals surface area contributed by atoms with Gasteiger partial charge in [-0.15, -0.1) is 0 Å². The number of hydrogen-bond donors (Lipinski definition) is 1. The Morgan fingerprint density at radius 1 is 1.00 bits per heavy atom. The second kappa shape index (κ2) is 7.74. The second-order valence-corrected chi connectivity index (χ2v) is 7.82. The summed E-state index contributed by atoms with van der Waals surface area (Å²) < 4.78 is 0.992. The molecule has 138 valence electrons. The number of fused-ring (bicyclic) bond motifs is 1. The van der Waals surface area contributed by atoms with Crippen LogP contribution in [0.4, 0.5) is 5.69 Å². The Balaban J connectivity index is 1.79. The van der Waals surface area contributed by atoms with Crippen molar-refractivity contribution in [3.8, 4) is 11.3 Å². The van der Waals surface area contributed by atoms with E-state index in [1.54, 1.807) is 6.07 Å². The van der Waals surface area contributed by atoms with Crippen LogP contribution < -0.4 is 5.32 Å². The minimum Gasteiger partial charge on any atom is -0.322 e. The number of nitrogens with one attached hydrogen (secondary N) is 1. The molecule has 0 fully saturated rings. The van der Waals surface area contributed by atoms with Gasteiger partial charge in [-0.25, -0.2) is 4.98 Å². The number of pyridine rings is 1. The highest BCUT2D eigenvalue weighted by molar-refractivity contribution is 9.10. The van der Waals surface area contributed by atoms with Crippen LogP contribution in [0.5, 0.6) is 0 Å². The van der Waals surface area contributed by atoms with E-state index in [0.29, 0.717) is 16.3 Å². The van der Waals surface area contributed by atoms with Crippen molar-refractivity contribution in [2.45, 2.75) is 6.92 Å². The Labute approximate surface area is 176 Å². The van der Waals surface area contributed by atoms with Gasteiger partial charge in [-0.1, -0.05) is 63.9 Å². The molecule has 28 heavy (non-hydrogen) atoms. The summed E-state index contributed by atoms with van der Waals surface area (Å²) in [4.78, 5) is 17.8. The number of anilines is 1. The van der Waals surface area contributed by atoms with E-state index >= 15 is 0 Å². The molecule has 0 radical (unpaired) electrons. The molecule has 0 bridgehead atoms. The van der Waals surface area contributed by atoms with Crippen molar-refractivity contribution in [1.82, 2.24) is 4.98 Å². The van der Waals surface area contributed by atoms with Gasteiger partial charge in [0.05, 0.1) is 16.8 Å². The highest BCUT2D eigenvalue weighted by atomic mass is 79.9. The quantitative estimate of drug-likeness (QED) is 0.369. The maximum absolute atomic E-state index is 13.1. The number of carbonyl (C=O) groups excluding carboxylic acids is 1. The molecule has 4 rings (SSSR count). The Morgan fingerprint density at radius 2 is 1.75 bits per heavy atom. The first-order chi connectivity index (χ1) is 13.5. The van der Waals surface area contributed by atoms with Gasteiger partial charge in [-0.05, 0) is 48.9 Å². The minimum atomic E-state index is -0.197. The number of para-hydroxylation sites is 1. The lowest BCUT2D eigenvalue weighted by atomic mass is 10.0. The summed E-state index contributed by atoms with van der Waals surface area (Å²) in [5.41, 5.74) is 4.66. The molecule has 0 aliphatic heterocycles. The van der Waals surface area contributed by atoms with Crippen LogP contribution in [-0.2, 0) is 0 Å². The van der Waals surface area contributed by atoms with Gasteiger partial charge >= 0.3 is 0 Å². The van der Waals surface area contributed by atoms with E-state index in [1.165, 1.54) is 0 Å². The lowest BCUT2D eigenvalue weighted by molar-refractivity contribution is 0.102. The molecule has 3 nitrogen and oxygen atoms in total. The van der Waals surface area contributed by atoms with Gasteiger partial charge in [0.25, 0.3) is 5.91 Å². The maximum Gasteiger partial charge on any atom is 0.256 e. The summed E-state index contributed by atoms with van der Waals surface area (Å²) in [7, 11) is 0. The van der Waals surface area contributed by atoms with Crippen LogP contribution in [-0.4, -0.2) is 10.9 Å². The molecule has 1 amide bonds. The molecule has 0 aliphatic rings. The van der Waals surface area contributed by atoms with Crippen LogP contribution in [0, 0.1) is 6.92 Å². The molecule has 1 aromatic heterocycles. The summed E-state index contributed by atoms with van der Waals surface area (Å²) in [6.45, 7) is 1.93. The molecule has 5 heteroatoms. The van der Waals surface area contributed by atoms with E-state index < -0.39 is 0 Å². The van der Waals surface area contributed by atoms with Gasteiger partial charge < -0.3 is 5.32 Å². The number of nitrogens with zero attached hydrogens (tertiary/aromatic N) is 1. The van der Waals surface area contributed by atoms with E-state index in [1.807, 2.05) is 73.7 Å². The summed E-state index contributed by atoms with van der Waals surface area (Å²) in [5.74, 6) is -0.197. The van der Waals surface area contributed by atoms with Gasteiger partial charge in [0, 0.05) is 26.1 Å². The zero-order chi connectivity index (χ0) is 19.7. The lowest BCUT2D eigenvalue weighted by Gasteiger charge is -2.11. The summed E-state index contributed by atoms with van der Waals surface area (Å²) >= 11 is 9.64. The SMILES string of the molecule is Cc1ccc(NC(=O)c2cc(-c3ccc(Br)cc3)nc3ccccc23)cc1Cl. The van der Waals surface area contributed by atoms with E-state index in [4.69, 9.17) is 16.6 Å². The molecule has 0 saturated heterocycles. The molecule has 0 spiro atoms. The van der Waals surface area contributed by atoms with Gasteiger partial charge in [-0.3, -0.25) is 4.79 Å². The Hall–Kier alpha value is -2.69. The van der Waals surface area contributed by atoms with Gasteiger partial charge in [0.15, 0.2) is 0 Å². The third kappa shape index (κ3) is 3.79. The van der Waals surface area contributed by atoms with Crippen LogP contribution in [0.2, 0.25) is 5.02 Å². The predicted octanol–water partition coefficient (Wildman–Crippen LogP) is 6.88. The van der Waals surface area contributed by atoms with Crippen molar-refractivity contribution in [2.75, 3.05) is 5.32 Å². The van der Waals surface area contributed by atoms with Crippen LogP contribution >= 0.6 is 27.5 Å². The monoisotopic (exact) mass is 450 g/mol. The van der Waals surface area contributed by atoms with E-state index in [9.17, 15) is 4.79 Å². The van der Waals surface area contributed by atoms with Crippen molar-refractivity contribution in [1.29, 1.82) is 0 Å². The first-order valence-electron chi connectivity index (χ1n) is 8.74. The highest BCUT2D eigenvalue weighted by Gasteiger charge is 2.14. The van der Waals surface area contributed by atoms with Crippen LogP contribution in [0.25, 0.3) is 22.2 Å². The smallest absolute Gasteiger partial charge is 0.256 e. The average molecular weight is 452 g/mol. The molecular formula is C23H16BrClN2O. The van der Waals surface area contributed by atoms with Crippen LogP contribution in [0.15, 0.2) is 77.3 Å². The van der Waals surface area contributed by atoms with Crippen molar-refractivity contribution >= 4 is 50.0 Å². The molecule has 1 N–H and O–H groups in total. The zero-order valence-corrected chi connectivity index (χ0v) is 17.4. The molecule has 3 aromatic carbocycles. The number of rotatable bonds is 3. The molecule has 0 saturated carbocycles. The predicted molar refractivity (Wildman–Crippen MR) is 119 cm³/mol. The fourth-order valence-corrected chi connectivity index (χ4v) is 3.45. The van der Waals surface area contributed by atoms with Gasteiger partial charge in [0.1, 0.15) is 0 Å². The highest BCUT2D eigenvalue weighted by Crippen LogP contribution is 2.27. The summed E-state index contributed by atoms with van der Waals surface area (Å²) in [6.07, 6.45) is 0. The number of benzene rings is 3. The van der Waals surface area contributed by atoms with Crippen LogP contribution in [0.1, 0.15) is 15.9 Å². The third-order valence-corrected chi connectivity index (χ3v) is 5.47. The van der Waals surface area contributed by atoms with E-state index in [2.05, 4.69) is 21.2 Å². The fraction of sp³-hybridized carbons (Fsp3) is 0.0435. The number of aromatic nitrogens is 1. The average Bonchev–Trinajstić information content (AvgIpc) is 2.70. The van der Waals surface area contributed by atoms with Gasteiger partial charge in [0.2, 0.25) is 0 Å². The Morgan fingerprint density at radius 3 is 2.50 bits per heavy atom. The number of halogens is 2. The summed E-state index contributed by atoms with van der Waals surface area (Å²) in [5, 5.41) is 4.37. The molecule has 0 atom stereocenters. The van der Waals surface area contributed by atoms with Gasteiger partial charge in [-0.2, -0.15) is 0 Å². The number of hydrogen-bond acceptors (Lipinski definition) is 2. The molecule has 1 heterocycles. The zero-order valence-electron chi connectivity index (χ0n) is 15.0. The van der Waals surface area contributed by atoms with Crippen molar-refractivity contribution in [3.63, 3.8) is 0 Å². The van der Waals surface area contributed by atoms with Crippen molar-refractivity contribution in [3.05, 3.63) is 93.4 Å². The number of amides is 1. The largest absolute Gasteiger partial charge is 0.322 e. The van der Waals surface area contributed by atoms with Crippen molar-refractivity contribution in [2.24, 2.45) is 0 Å². The second-order valence-electron chi connectivity index (χ2n) is 6.50. The first kappa shape index (κ1) is 18.7. The number of carbonyl (C=O) groups is 1. The lowest BCUT2D eigenvalue weighted by Crippen LogP contribution is -2.13. The van der Waals surface area contributed by atoms with Crippen molar-refractivity contribution < 1.29 is 4.79 Å². The van der Waals surface area contributed by atoms with E-state index in [0.717, 1.165) is 32.2 Å². The number of aryl methyl sites for hydroxylation is 1. The normalized spacial score (nSPS) is 10.8. The summed E-state index contributed by atoms with van der Waals surface area (Å²) in [6, 6.07) is 22.8. The fourth-order valence-electron chi connectivity index (χ4n) is 3.00. The maximum atomic E-state index is 13.1. The molecular weight excluding hydrogens is 436 g/mol. The van der Waals surface area contributed by atoms with E-state index in [-0.39, 0.29) is 5.91 Å². The first-order valence-corrected chi connectivity index (χ1v) is 9.91. The Kier molecular flexibility index (Phi) is 5.16. The standard InChI is InChI=1S/C23H16BrClN2O/c1-14-6-11-17(12-20(14)25)26-23(28)19-13-22(15-7-9-16(24)10-8-15)27-21-5-3-2-4-18(19)21/h2-13H,1H3,(H,26,28). The molecule has 0 unspecified atom stereocenters. The minimum absolute atomic E-state index is 0.197. The molecule has 4 aromatic rings. The van der Waals surface area contributed by atoms with Crippen LogP contribution in [0.3, 0.4) is 0 Å².